The number of hydrogen-bond acceptors (Lipinski definition) is 4. The number of amides is 2. The number of rotatable bonds is 6. The Morgan fingerprint density at radius 2 is 1.89 bits per heavy atom. The molecule has 0 saturated heterocycles. The van der Waals surface area contributed by atoms with Crippen LogP contribution in [0.25, 0.3) is 32.2 Å². The first kappa shape index (κ1) is 22.4. The highest BCUT2D eigenvalue weighted by Gasteiger charge is 2.30. The fourth-order valence-electron chi connectivity index (χ4n) is 4.33. The lowest BCUT2D eigenvalue weighted by atomic mass is 10.0. The number of nitrogens with one attached hydrogen (secondary N) is 3. The molecular formula is C28H23FN4O2S. The van der Waals surface area contributed by atoms with Crippen LogP contribution >= 0.6 is 11.3 Å². The summed E-state index contributed by atoms with van der Waals surface area (Å²) >= 11 is 1.46. The van der Waals surface area contributed by atoms with Crippen molar-refractivity contribution in [2.24, 2.45) is 5.92 Å². The zero-order chi connectivity index (χ0) is 24.8. The van der Waals surface area contributed by atoms with Crippen molar-refractivity contribution in [1.82, 2.24) is 15.3 Å². The van der Waals surface area contributed by atoms with Crippen LogP contribution in [0.2, 0.25) is 0 Å². The molecule has 1 saturated carbocycles. The SMILES string of the molecule is C[C@@H](NC(=O)c1c[nH]c2ccc(-c3ccc4nc(NC(=O)C5CC5)sc4c3)cc12)c1cccc(F)c1. The first-order valence-electron chi connectivity index (χ1n) is 11.8. The maximum Gasteiger partial charge on any atom is 0.253 e. The number of halogens is 1. The molecule has 2 aromatic heterocycles. The molecule has 5 aromatic rings. The number of carbonyl (C=O) groups is 2. The zero-order valence-electron chi connectivity index (χ0n) is 19.5. The number of anilines is 1. The highest BCUT2D eigenvalue weighted by molar-refractivity contribution is 7.22. The Hall–Kier alpha value is -4.04. The number of aromatic nitrogens is 2. The fraction of sp³-hybridized carbons (Fsp3) is 0.179. The number of hydrogen-bond donors (Lipinski definition) is 3. The molecule has 180 valence electrons. The van der Waals surface area contributed by atoms with Gasteiger partial charge < -0.3 is 15.6 Å². The van der Waals surface area contributed by atoms with Crippen LogP contribution in [0.4, 0.5) is 9.52 Å². The van der Waals surface area contributed by atoms with Gasteiger partial charge in [-0.2, -0.15) is 0 Å². The largest absolute Gasteiger partial charge is 0.360 e. The summed E-state index contributed by atoms with van der Waals surface area (Å²) in [5.41, 5.74) is 4.88. The normalized spacial score (nSPS) is 14.2. The Morgan fingerprint density at radius 1 is 1.08 bits per heavy atom. The van der Waals surface area contributed by atoms with Gasteiger partial charge >= 0.3 is 0 Å². The van der Waals surface area contributed by atoms with Crippen LogP contribution in [0.15, 0.2) is 66.9 Å². The van der Waals surface area contributed by atoms with Gasteiger partial charge in [-0.1, -0.05) is 35.6 Å². The van der Waals surface area contributed by atoms with Gasteiger partial charge in [0, 0.05) is 23.0 Å². The highest BCUT2D eigenvalue weighted by atomic mass is 32.1. The number of H-pyrrole nitrogens is 1. The lowest BCUT2D eigenvalue weighted by Gasteiger charge is -2.14. The van der Waals surface area contributed by atoms with E-state index in [2.05, 4.69) is 26.7 Å². The Morgan fingerprint density at radius 3 is 2.69 bits per heavy atom. The minimum Gasteiger partial charge on any atom is -0.360 e. The van der Waals surface area contributed by atoms with Crippen molar-refractivity contribution in [3.63, 3.8) is 0 Å². The minimum absolute atomic E-state index is 0.0460. The van der Waals surface area contributed by atoms with Crippen LogP contribution < -0.4 is 10.6 Å². The third kappa shape index (κ3) is 4.35. The topological polar surface area (TPSA) is 86.9 Å². The molecule has 2 heterocycles. The second-order valence-electron chi connectivity index (χ2n) is 9.18. The van der Waals surface area contributed by atoms with Crippen molar-refractivity contribution in [2.45, 2.75) is 25.8 Å². The van der Waals surface area contributed by atoms with Gasteiger partial charge in [0.2, 0.25) is 5.91 Å². The van der Waals surface area contributed by atoms with E-state index in [0.29, 0.717) is 16.3 Å². The molecule has 0 bridgehead atoms. The Bertz CT molecular complexity index is 1640. The second-order valence-corrected chi connectivity index (χ2v) is 10.2. The molecule has 0 spiro atoms. The van der Waals surface area contributed by atoms with Gasteiger partial charge in [0.15, 0.2) is 5.13 Å². The van der Waals surface area contributed by atoms with E-state index in [1.54, 1.807) is 18.3 Å². The summed E-state index contributed by atoms with van der Waals surface area (Å²) in [6, 6.07) is 17.8. The summed E-state index contributed by atoms with van der Waals surface area (Å²) in [6.07, 6.45) is 3.60. The standard InChI is InChI=1S/C28H23FN4O2S/c1-15(17-3-2-4-20(29)11-17)31-27(35)22-14-30-23-9-7-18(12-21(22)23)19-8-10-24-25(13-19)36-28(32-24)33-26(34)16-5-6-16/h2-4,7-16,30H,5-6H2,1H3,(H,31,35)(H,32,33,34)/t15-/m1/s1. The van der Waals surface area contributed by atoms with Crippen molar-refractivity contribution in [2.75, 3.05) is 5.32 Å². The maximum absolute atomic E-state index is 13.6. The number of benzene rings is 3. The van der Waals surface area contributed by atoms with Crippen LogP contribution in [-0.4, -0.2) is 21.8 Å². The van der Waals surface area contributed by atoms with E-state index in [1.807, 2.05) is 37.3 Å². The third-order valence-corrected chi connectivity index (χ3v) is 7.46. The molecule has 6 nitrogen and oxygen atoms in total. The first-order valence-corrected chi connectivity index (χ1v) is 12.7. The zero-order valence-corrected chi connectivity index (χ0v) is 20.3. The van der Waals surface area contributed by atoms with Crippen molar-refractivity contribution >= 4 is 49.4 Å². The molecule has 1 aliphatic rings. The molecule has 1 fully saturated rings. The van der Waals surface area contributed by atoms with Gasteiger partial charge in [-0.3, -0.25) is 9.59 Å². The first-order chi connectivity index (χ1) is 17.4. The Kier molecular flexibility index (Phi) is 5.53. The summed E-state index contributed by atoms with van der Waals surface area (Å²) in [7, 11) is 0. The highest BCUT2D eigenvalue weighted by Crippen LogP contribution is 2.34. The fourth-order valence-corrected chi connectivity index (χ4v) is 5.24. The van der Waals surface area contributed by atoms with Crippen LogP contribution in [-0.2, 0) is 4.79 Å². The van der Waals surface area contributed by atoms with E-state index in [1.165, 1.54) is 23.5 Å². The smallest absolute Gasteiger partial charge is 0.253 e. The summed E-state index contributed by atoms with van der Waals surface area (Å²) < 4.78 is 14.6. The summed E-state index contributed by atoms with van der Waals surface area (Å²) in [5, 5.41) is 7.31. The molecular weight excluding hydrogens is 475 g/mol. The van der Waals surface area contributed by atoms with Crippen LogP contribution in [0.5, 0.6) is 0 Å². The van der Waals surface area contributed by atoms with Crippen molar-refractivity contribution in [3.8, 4) is 11.1 Å². The number of carbonyl (C=O) groups excluding carboxylic acids is 2. The van der Waals surface area contributed by atoms with Crippen LogP contribution in [0, 0.1) is 11.7 Å². The van der Waals surface area contributed by atoms with E-state index < -0.39 is 0 Å². The molecule has 1 aliphatic carbocycles. The molecule has 36 heavy (non-hydrogen) atoms. The van der Waals surface area contributed by atoms with Gasteiger partial charge in [0.05, 0.1) is 21.8 Å². The van der Waals surface area contributed by atoms with Gasteiger partial charge in [-0.15, -0.1) is 0 Å². The van der Waals surface area contributed by atoms with E-state index in [-0.39, 0.29) is 29.6 Å². The molecule has 6 rings (SSSR count). The lowest BCUT2D eigenvalue weighted by Crippen LogP contribution is -2.26. The molecule has 0 aliphatic heterocycles. The molecule has 0 radical (unpaired) electrons. The van der Waals surface area contributed by atoms with E-state index in [4.69, 9.17) is 0 Å². The van der Waals surface area contributed by atoms with Gasteiger partial charge in [0.1, 0.15) is 5.82 Å². The number of aromatic amines is 1. The second kappa shape index (κ2) is 8.87. The average molecular weight is 499 g/mol. The summed E-state index contributed by atoms with van der Waals surface area (Å²) in [6.45, 7) is 1.83. The predicted molar refractivity (Wildman–Crippen MR) is 141 cm³/mol. The van der Waals surface area contributed by atoms with E-state index in [0.717, 1.165) is 45.1 Å². The average Bonchev–Trinajstić information content (AvgIpc) is 3.52. The quantitative estimate of drug-likeness (QED) is 0.252. The van der Waals surface area contributed by atoms with Crippen LogP contribution in [0.1, 0.15) is 41.7 Å². The Labute approximate surface area is 210 Å². The third-order valence-electron chi connectivity index (χ3n) is 6.52. The van der Waals surface area contributed by atoms with Crippen molar-refractivity contribution in [3.05, 3.63) is 83.8 Å². The molecule has 3 aromatic carbocycles. The molecule has 0 unspecified atom stereocenters. The lowest BCUT2D eigenvalue weighted by molar-refractivity contribution is -0.117. The number of nitrogens with zero attached hydrogens (tertiary/aromatic N) is 1. The van der Waals surface area contributed by atoms with Gasteiger partial charge in [0.25, 0.3) is 5.91 Å². The predicted octanol–water partition coefficient (Wildman–Crippen LogP) is 6.42. The Balaban J connectivity index is 1.27. The molecule has 2 amide bonds. The number of thiazole rings is 1. The number of fused-ring (bicyclic) bond motifs is 2. The summed E-state index contributed by atoms with van der Waals surface area (Å²) in [4.78, 5) is 32.9. The molecule has 8 heteroatoms. The van der Waals surface area contributed by atoms with E-state index >= 15 is 0 Å². The molecule has 1 atom stereocenters. The van der Waals surface area contributed by atoms with Crippen molar-refractivity contribution in [1.29, 1.82) is 0 Å². The van der Waals surface area contributed by atoms with Crippen LogP contribution in [0.3, 0.4) is 0 Å². The monoisotopic (exact) mass is 498 g/mol. The minimum atomic E-state index is -0.343. The maximum atomic E-state index is 13.6. The van der Waals surface area contributed by atoms with Gasteiger partial charge in [-0.05, 0) is 72.9 Å². The van der Waals surface area contributed by atoms with Crippen molar-refractivity contribution < 1.29 is 14.0 Å². The van der Waals surface area contributed by atoms with Gasteiger partial charge in [-0.25, -0.2) is 9.37 Å². The summed E-state index contributed by atoms with van der Waals surface area (Å²) in [5.74, 6) is -0.390. The van der Waals surface area contributed by atoms with E-state index in [9.17, 15) is 14.0 Å². The molecule has 3 N–H and O–H groups in total.